The first-order valence-corrected chi connectivity index (χ1v) is 5.90. The van der Waals surface area contributed by atoms with Crippen LogP contribution < -0.4 is 5.73 Å². The molecule has 0 aliphatic carbocycles. The van der Waals surface area contributed by atoms with Crippen molar-refractivity contribution in [3.8, 4) is 5.82 Å². The summed E-state index contributed by atoms with van der Waals surface area (Å²) < 4.78 is 40.2. The van der Waals surface area contributed by atoms with Gasteiger partial charge < -0.3 is 5.73 Å². The third-order valence-electron chi connectivity index (χ3n) is 2.85. The summed E-state index contributed by atoms with van der Waals surface area (Å²) in [7, 11) is 0. The van der Waals surface area contributed by atoms with Crippen LogP contribution in [0, 0.1) is 13.8 Å². The Hall–Kier alpha value is -2.65. The van der Waals surface area contributed by atoms with Gasteiger partial charge in [0.1, 0.15) is 11.6 Å². The van der Waals surface area contributed by atoms with Gasteiger partial charge in [0.15, 0.2) is 17.2 Å². The number of nitrogens with zero attached hydrogens (tertiary/aromatic N) is 5. The average Bonchev–Trinajstić information content (AvgIpc) is 2.88. The summed E-state index contributed by atoms with van der Waals surface area (Å²) in [5.41, 5.74) is 5.00. The molecule has 3 aromatic rings. The van der Waals surface area contributed by atoms with Gasteiger partial charge in [-0.05, 0) is 13.8 Å². The number of anilines is 1. The van der Waals surface area contributed by atoms with Crippen LogP contribution in [-0.2, 0) is 6.18 Å². The highest BCUT2D eigenvalue weighted by atomic mass is 19.4. The van der Waals surface area contributed by atoms with Crippen LogP contribution in [0.5, 0.6) is 0 Å². The number of nitrogens with one attached hydrogen (secondary N) is 1. The summed E-state index contributed by atoms with van der Waals surface area (Å²) in [5.74, 6) is 0.434. The molecule has 0 spiro atoms. The number of aromatic nitrogens is 6. The lowest BCUT2D eigenvalue weighted by molar-refractivity contribution is -0.140. The van der Waals surface area contributed by atoms with Crippen LogP contribution in [0.2, 0.25) is 0 Å². The van der Waals surface area contributed by atoms with E-state index >= 15 is 0 Å². The maximum Gasteiger partial charge on any atom is 0.436 e. The predicted octanol–water partition coefficient (Wildman–Crippen LogP) is 1.76. The number of halogens is 3. The molecule has 0 bridgehead atoms. The third kappa shape index (κ3) is 2.08. The minimum absolute atomic E-state index is 0.0303. The van der Waals surface area contributed by atoms with Crippen LogP contribution in [0.4, 0.5) is 19.0 Å². The molecule has 0 atom stereocenters. The molecule has 0 radical (unpaired) electrons. The fourth-order valence-corrected chi connectivity index (χ4v) is 2.09. The van der Waals surface area contributed by atoms with Crippen molar-refractivity contribution in [1.29, 1.82) is 0 Å². The number of alkyl halides is 3. The predicted molar refractivity (Wildman–Crippen MR) is 67.7 cm³/mol. The Bertz CT molecular complexity index is 810. The minimum Gasteiger partial charge on any atom is -0.383 e. The number of fused-ring (bicyclic) bond motifs is 1. The van der Waals surface area contributed by atoms with Gasteiger partial charge in [-0.1, -0.05) is 0 Å². The van der Waals surface area contributed by atoms with Gasteiger partial charge in [0.25, 0.3) is 0 Å². The molecule has 0 amide bonds. The molecule has 0 fully saturated rings. The molecule has 10 heteroatoms. The van der Waals surface area contributed by atoms with Crippen LogP contribution in [0.3, 0.4) is 0 Å². The third-order valence-corrected chi connectivity index (χ3v) is 2.85. The van der Waals surface area contributed by atoms with Crippen LogP contribution in [-0.4, -0.2) is 29.9 Å². The topological polar surface area (TPSA) is 98.3 Å². The molecule has 0 saturated carbocycles. The van der Waals surface area contributed by atoms with E-state index in [2.05, 4.69) is 25.3 Å². The second-order valence-corrected chi connectivity index (χ2v) is 4.51. The Morgan fingerprint density at radius 3 is 2.57 bits per heavy atom. The molecule has 0 saturated heterocycles. The fraction of sp³-hybridized carbons (Fsp3) is 0.273. The van der Waals surface area contributed by atoms with Gasteiger partial charge in [-0.2, -0.15) is 28.1 Å². The molecule has 0 unspecified atom stereocenters. The van der Waals surface area contributed by atoms with Crippen molar-refractivity contribution in [2.75, 3.05) is 5.73 Å². The maximum atomic E-state index is 13.1. The molecule has 3 heterocycles. The Balaban J connectivity index is 2.34. The molecular weight excluding hydrogens is 287 g/mol. The van der Waals surface area contributed by atoms with Gasteiger partial charge in [-0.15, -0.1) is 0 Å². The zero-order chi connectivity index (χ0) is 15.4. The first-order chi connectivity index (χ1) is 9.77. The number of nitrogen functional groups attached to an aromatic ring is 1. The van der Waals surface area contributed by atoms with E-state index in [-0.39, 0.29) is 22.7 Å². The van der Waals surface area contributed by atoms with E-state index in [0.29, 0.717) is 11.5 Å². The lowest BCUT2D eigenvalue weighted by Gasteiger charge is -2.04. The van der Waals surface area contributed by atoms with Crippen LogP contribution >= 0.6 is 0 Å². The van der Waals surface area contributed by atoms with Gasteiger partial charge in [0.05, 0.1) is 5.39 Å². The number of hydrogen-bond donors (Lipinski definition) is 2. The summed E-state index contributed by atoms with van der Waals surface area (Å²) in [6, 6.07) is 1.52. The van der Waals surface area contributed by atoms with Gasteiger partial charge in [-0.25, -0.2) is 9.97 Å². The normalized spacial score (nSPS) is 12.2. The van der Waals surface area contributed by atoms with E-state index in [0.717, 1.165) is 4.68 Å². The van der Waals surface area contributed by atoms with Crippen LogP contribution in [0.25, 0.3) is 16.9 Å². The maximum absolute atomic E-state index is 13.1. The second kappa shape index (κ2) is 4.17. The number of aryl methyl sites for hydroxylation is 2. The van der Waals surface area contributed by atoms with E-state index < -0.39 is 11.9 Å². The van der Waals surface area contributed by atoms with Crippen LogP contribution in [0.15, 0.2) is 6.07 Å². The Morgan fingerprint density at radius 1 is 1.24 bits per heavy atom. The van der Waals surface area contributed by atoms with Gasteiger partial charge >= 0.3 is 6.18 Å². The molecule has 21 heavy (non-hydrogen) atoms. The minimum atomic E-state index is -4.64. The monoisotopic (exact) mass is 297 g/mol. The highest BCUT2D eigenvalue weighted by molar-refractivity contribution is 5.90. The van der Waals surface area contributed by atoms with Crippen molar-refractivity contribution in [3.05, 3.63) is 23.3 Å². The SMILES string of the molecule is Cc1cc(-n2nc(C(F)(F)F)c3c(N)[nH]nc32)nc(C)n1. The molecule has 110 valence electrons. The molecule has 3 rings (SSSR count). The quantitative estimate of drug-likeness (QED) is 0.713. The lowest BCUT2D eigenvalue weighted by atomic mass is 10.3. The molecular formula is C11H10F3N7. The van der Waals surface area contributed by atoms with Crippen molar-refractivity contribution in [2.45, 2.75) is 20.0 Å². The van der Waals surface area contributed by atoms with Gasteiger partial charge in [0, 0.05) is 11.8 Å². The molecule has 0 aromatic carbocycles. The van der Waals surface area contributed by atoms with Crippen molar-refractivity contribution in [2.24, 2.45) is 0 Å². The highest BCUT2D eigenvalue weighted by Crippen LogP contribution is 2.36. The number of nitrogens with two attached hydrogens (primary N) is 1. The summed E-state index contributed by atoms with van der Waals surface area (Å²) in [4.78, 5) is 8.16. The molecule has 0 aliphatic heterocycles. The van der Waals surface area contributed by atoms with E-state index in [4.69, 9.17) is 5.73 Å². The molecule has 7 nitrogen and oxygen atoms in total. The van der Waals surface area contributed by atoms with E-state index in [1.54, 1.807) is 13.8 Å². The first kappa shape index (κ1) is 13.3. The van der Waals surface area contributed by atoms with Gasteiger partial charge in [-0.3, -0.25) is 5.10 Å². The lowest BCUT2D eigenvalue weighted by Crippen LogP contribution is -2.10. The Morgan fingerprint density at radius 2 is 1.95 bits per heavy atom. The van der Waals surface area contributed by atoms with Crippen LogP contribution in [0.1, 0.15) is 17.2 Å². The summed E-state index contributed by atoms with van der Waals surface area (Å²) >= 11 is 0. The molecule has 3 aromatic heterocycles. The van der Waals surface area contributed by atoms with Crippen molar-refractivity contribution < 1.29 is 13.2 Å². The van der Waals surface area contributed by atoms with Gasteiger partial charge in [0.2, 0.25) is 0 Å². The average molecular weight is 297 g/mol. The summed E-state index contributed by atoms with van der Waals surface area (Å²) in [5, 5.41) is 9.42. The molecule has 0 aliphatic rings. The zero-order valence-corrected chi connectivity index (χ0v) is 11.0. The standard InChI is InChI=1S/C11H10F3N7/c1-4-3-6(17-5(2)16-4)21-10-7(9(15)18-19-10)8(20-21)11(12,13)14/h3H,1-2H3,(H3,15,18,19). The van der Waals surface area contributed by atoms with Crippen molar-refractivity contribution in [3.63, 3.8) is 0 Å². The summed E-state index contributed by atoms with van der Waals surface area (Å²) in [6.45, 7) is 3.35. The smallest absolute Gasteiger partial charge is 0.383 e. The van der Waals surface area contributed by atoms with Crippen molar-refractivity contribution in [1.82, 2.24) is 29.9 Å². The fourth-order valence-electron chi connectivity index (χ4n) is 2.09. The first-order valence-electron chi connectivity index (χ1n) is 5.90. The largest absolute Gasteiger partial charge is 0.436 e. The van der Waals surface area contributed by atoms with E-state index in [9.17, 15) is 13.2 Å². The van der Waals surface area contributed by atoms with Crippen molar-refractivity contribution >= 4 is 16.9 Å². The second-order valence-electron chi connectivity index (χ2n) is 4.51. The Kier molecular flexibility index (Phi) is 2.65. The number of aromatic amines is 1. The highest BCUT2D eigenvalue weighted by Gasteiger charge is 2.39. The Labute approximate surface area is 116 Å². The zero-order valence-electron chi connectivity index (χ0n) is 11.0. The number of rotatable bonds is 1. The van der Waals surface area contributed by atoms with E-state index in [1.807, 2.05) is 0 Å². The number of H-pyrrole nitrogens is 1. The number of hydrogen-bond acceptors (Lipinski definition) is 5. The summed E-state index contributed by atoms with van der Waals surface area (Å²) in [6.07, 6.45) is -4.64. The molecule has 3 N–H and O–H groups in total. The van der Waals surface area contributed by atoms with E-state index in [1.165, 1.54) is 6.07 Å².